The fourth-order valence-corrected chi connectivity index (χ4v) is 2.59. The summed E-state index contributed by atoms with van der Waals surface area (Å²) < 4.78 is 1.47. The molecule has 5 nitrogen and oxygen atoms in total. The number of rotatable bonds is 2. The number of hydrogen-bond acceptors (Lipinski definition) is 3. The number of aromatic nitrogens is 2. The summed E-state index contributed by atoms with van der Waals surface area (Å²) in [5.74, 6) is 0.498. The van der Waals surface area contributed by atoms with Crippen molar-refractivity contribution in [2.45, 2.75) is 32.6 Å². The molecule has 2 atom stereocenters. The van der Waals surface area contributed by atoms with Gasteiger partial charge in [0.15, 0.2) is 5.69 Å². The van der Waals surface area contributed by atoms with Crippen molar-refractivity contribution >= 4 is 11.6 Å². The van der Waals surface area contributed by atoms with Gasteiger partial charge < -0.3 is 5.32 Å². The second-order valence-electron chi connectivity index (χ2n) is 5.00. The summed E-state index contributed by atoms with van der Waals surface area (Å²) in [4.78, 5) is 12.2. The lowest BCUT2D eigenvalue weighted by molar-refractivity contribution is -0.122. The molecule has 96 valence electrons. The van der Waals surface area contributed by atoms with E-state index in [-0.39, 0.29) is 11.8 Å². The first-order valence-corrected chi connectivity index (χ1v) is 6.36. The van der Waals surface area contributed by atoms with Gasteiger partial charge in [0.1, 0.15) is 6.07 Å². The molecule has 1 amide bonds. The maximum Gasteiger partial charge on any atom is 0.227 e. The van der Waals surface area contributed by atoms with Crippen molar-refractivity contribution in [2.24, 2.45) is 18.9 Å². The van der Waals surface area contributed by atoms with Crippen LogP contribution >= 0.6 is 0 Å². The summed E-state index contributed by atoms with van der Waals surface area (Å²) in [5.41, 5.74) is 0.912. The van der Waals surface area contributed by atoms with Gasteiger partial charge in [-0.15, -0.1) is 0 Å². The van der Waals surface area contributed by atoms with Gasteiger partial charge in [0.2, 0.25) is 5.91 Å². The maximum absolute atomic E-state index is 12.2. The molecule has 1 aromatic heterocycles. The van der Waals surface area contributed by atoms with Crippen molar-refractivity contribution in [3.05, 3.63) is 11.9 Å². The predicted octanol–water partition coefficient (Wildman–Crippen LogP) is 2.06. The second kappa shape index (κ2) is 5.21. The molecule has 1 aliphatic carbocycles. The Balaban J connectivity index is 2.09. The average Bonchev–Trinajstić information content (AvgIpc) is 2.70. The van der Waals surface area contributed by atoms with Crippen molar-refractivity contribution in [3.8, 4) is 6.07 Å². The molecule has 0 spiro atoms. The molecule has 2 rings (SSSR count). The molecule has 1 aromatic rings. The highest BCUT2D eigenvalue weighted by Gasteiger charge is 2.28. The van der Waals surface area contributed by atoms with E-state index in [1.54, 1.807) is 7.05 Å². The molecule has 5 heteroatoms. The fourth-order valence-electron chi connectivity index (χ4n) is 2.59. The molecule has 1 fully saturated rings. The highest BCUT2D eigenvalue weighted by Crippen LogP contribution is 2.30. The summed E-state index contributed by atoms with van der Waals surface area (Å²) in [6, 6.07) is 2.05. The molecule has 0 aliphatic heterocycles. The van der Waals surface area contributed by atoms with Gasteiger partial charge in [-0.2, -0.15) is 10.4 Å². The zero-order chi connectivity index (χ0) is 13.1. The van der Waals surface area contributed by atoms with E-state index in [1.807, 2.05) is 6.07 Å². The van der Waals surface area contributed by atoms with Crippen LogP contribution in [0.4, 0.5) is 5.69 Å². The van der Waals surface area contributed by atoms with Crippen molar-refractivity contribution in [1.29, 1.82) is 5.26 Å². The summed E-state index contributed by atoms with van der Waals surface area (Å²) in [5, 5.41) is 15.8. The number of nitrogens with zero attached hydrogens (tertiary/aromatic N) is 3. The van der Waals surface area contributed by atoms with Crippen LogP contribution in [0.5, 0.6) is 0 Å². The van der Waals surface area contributed by atoms with Crippen LogP contribution in [-0.2, 0) is 11.8 Å². The van der Waals surface area contributed by atoms with E-state index in [0.717, 1.165) is 19.3 Å². The Morgan fingerprint density at radius 2 is 2.28 bits per heavy atom. The van der Waals surface area contributed by atoms with Crippen LogP contribution in [0.2, 0.25) is 0 Å². The van der Waals surface area contributed by atoms with Gasteiger partial charge in [-0.1, -0.05) is 19.8 Å². The van der Waals surface area contributed by atoms with Crippen LogP contribution < -0.4 is 5.32 Å². The number of carbonyl (C=O) groups excluding carboxylic acids is 1. The smallest absolute Gasteiger partial charge is 0.227 e. The molecule has 1 aliphatic rings. The minimum Gasteiger partial charge on any atom is -0.322 e. The number of carbonyl (C=O) groups is 1. The molecule has 0 radical (unpaired) electrons. The maximum atomic E-state index is 12.2. The Bertz CT molecular complexity index is 486. The lowest BCUT2D eigenvalue weighted by Gasteiger charge is -2.27. The molecule has 0 aromatic carbocycles. The lowest BCUT2D eigenvalue weighted by Crippen LogP contribution is -2.30. The number of nitrogens with one attached hydrogen (secondary N) is 1. The highest BCUT2D eigenvalue weighted by atomic mass is 16.1. The van der Waals surface area contributed by atoms with Crippen molar-refractivity contribution in [3.63, 3.8) is 0 Å². The van der Waals surface area contributed by atoms with Crippen LogP contribution in [-0.4, -0.2) is 15.7 Å². The lowest BCUT2D eigenvalue weighted by atomic mass is 9.80. The second-order valence-corrected chi connectivity index (χ2v) is 5.00. The Morgan fingerprint density at radius 1 is 1.56 bits per heavy atom. The first-order chi connectivity index (χ1) is 8.63. The van der Waals surface area contributed by atoms with E-state index in [2.05, 4.69) is 17.3 Å². The van der Waals surface area contributed by atoms with Crippen LogP contribution in [0.15, 0.2) is 6.20 Å². The first-order valence-electron chi connectivity index (χ1n) is 6.36. The number of aryl methyl sites for hydroxylation is 1. The number of anilines is 1. The van der Waals surface area contributed by atoms with E-state index in [1.165, 1.54) is 17.3 Å². The Morgan fingerprint density at radius 3 is 2.94 bits per heavy atom. The summed E-state index contributed by atoms with van der Waals surface area (Å²) in [6.07, 6.45) is 5.90. The molecule has 1 saturated carbocycles. The van der Waals surface area contributed by atoms with E-state index >= 15 is 0 Å². The minimum atomic E-state index is 0.0201. The quantitative estimate of drug-likeness (QED) is 0.868. The number of nitriles is 1. The zero-order valence-electron chi connectivity index (χ0n) is 10.8. The molecule has 2 unspecified atom stereocenters. The van der Waals surface area contributed by atoms with Crippen molar-refractivity contribution in [1.82, 2.24) is 9.78 Å². The standard InChI is InChI=1S/C13H18N4O/c1-9-5-3-4-6-10(9)13(18)16-11-8-15-17(2)12(11)7-14/h8-10H,3-6H2,1-2H3,(H,16,18). The molecule has 1 heterocycles. The third kappa shape index (κ3) is 2.37. The van der Waals surface area contributed by atoms with Gasteiger partial charge in [0.25, 0.3) is 0 Å². The highest BCUT2D eigenvalue weighted by molar-refractivity contribution is 5.93. The van der Waals surface area contributed by atoms with Crippen LogP contribution in [0, 0.1) is 23.2 Å². The molecular formula is C13H18N4O. The fraction of sp³-hybridized carbons (Fsp3) is 0.615. The van der Waals surface area contributed by atoms with Gasteiger partial charge in [-0.05, 0) is 18.8 Å². The minimum absolute atomic E-state index is 0.0201. The monoisotopic (exact) mass is 246 g/mol. The first kappa shape index (κ1) is 12.6. The van der Waals surface area contributed by atoms with Gasteiger partial charge in [-0.25, -0.2) is 0 Å². The van der Waals surface area contributed by atoms with Crippen molar-refractivity contribution in [2.75, 3.05) is 5.32 Å². The van der Waals surface area contributed by atoms with E-state index < -0.39 is 0 Å². The Labute approximate surface area is 107 Å². The molecule has 18 heavy (non-hydrogen) atoms. The third-order valence-corrected chi connectivity index (χ3v) is 3.75. The predicted molar refractivity (Wildman–Crippen MR) is 67.7 cm³/mol. The van der Waals surface area contributed by atoms with Crippen LogP contribution in [0.25, 0.3) is 0 Å². The Hall–Kier alpha value is -1.83. The normalized spacial score (nSPS) is 23.4. The molecular weight excluding hydrogens is 228 g/mol. The topological polar surface area (TPSA) is 70.7 Å². The van der Waals surface area contributed by atoms with E-state index in [0.29, 0.717) is 17.3 Å². The van der Waals surface area contributed by atoms with Gasteiger partial charge >= 0.3 is 0 Å². The van der Waals surface area contributed by atoms with Crippen LogP contribution in [0.1, 0.15) is 38.3 Å². The van der Waals surface area contributed by atoms with E-state index in [9.17, 15) is 4.79 Å². The van der Waals surface area contributed by atoms with Crippen LogP contribution in [0.3, 0.4) is 0 Å². The van der Waals surface area contributed by atoms with Gasteiger partial charge in [0.05, 0.1) is 11.9 Å². The summed E-state index contributed by atoms with van der Waals surface area (Å²) in [6.45, 7) is 2.12. The largest absolute Gasteiger partial charge is 0.322 e. The van der Waals surface area contributed by atoms with Crippen molar-refractivity contribution < 1.29 is 4.79 Å². The van der Waals surface area contributed by atoms with Gasteiger partial charge in [-0.3, -0.25) is 9.48 Å². The number of hydrogen-bond donors (Lipinski definition) is 1. The SMILES string of the molecule is CC1CCCCC1C(=O)Nc1cnn(C)c1C#N. The average molecular weight is 246 g/mol. The molecule has 0 saturated heterocycles. The molecule has 0 bridgehead atoms. The summed E-state index contributed by atoms with van der Waals surface area (Å²) in [7, 11) is 1.69. The zero-order valence-corrected chi connectivity index (χ0v) is 10.8. The third-order valence-electron chi connectivity index (χ3n) is 3.75. The van der Waals surface area contributed by atoms with E-state index in [4.69, 9.17) is 5.26 Å². The summed E-state index contributed by atoms with van der Waals surface area (Å²) >= 11 is 0. The van der Waals surface area contributed by atoms with Gasteiger partial charge in [0, 0.05) is 13.0 Å². The molecule has 1 N–H and O–H groups in total. The Kier molecular flexibility index (Phi) is 3.66. The number of amides is 1.